The second-order valence-electron chi connectivity index (χ2n) is 6.82. The van der Waals surface area contributed by atoms with Crippen molar-refractivity contribution in [3.05, 3.63) is 41.8 Å². The van der Waals surface area contributed by atoms with Crippen LogP contribution >= 0.6 is 0 Å². The molecule has 132 valence electrons. The number of carbonyl (C=O) groups is 1. The molecule has 6 heteroatoms. The lowest BCUT2D eigenvalue weighted by molar-refractivity contribution is -0.142. The number of hydrogen-bond acceptors (Lipinski definition) is 3. The van der Waals surface area contributed by atoms with Gasteiger partial charge in [-0.1, -0.05) is 0 Å². The molecule has 5 nitrogen and oxygen atoms in total. The van der Waals surface area contributed by atoms with Crippen LogP contribution in [0.25, 0.3) is 11.3 Å². The molecule has 1 aromatic heterocycles. The minimum atomic E-state index is -0.247. The third kappa shape index (κ3) is 3.44. The quantitative estimate of drug-likeness (QED) is 0.932. The zero-order valence-corrected chi connectivity index (χ0v) is 14.1. The number of likely N-dealkylation sites (tertiary alicyclic amines) is 1. The van der Waals surface area contributed by atoms with E-state index in [2.05, 4.69) is 10.2 Å². The number of aromatic nitrogens is 2. The summed E-state index contributed by atoms with van der Waals surface area (Å²) >= 11 is 0. The van der Waals surface area contributed by atoms with Crippen molar-refractivity contribution in [1.29, 1.82) is 0 Å². The number of nitrogens with zero attached hydrogens (tertiary/aromatic N) is 2. The topological polar surface area (TPSA) is 58.2 Å². The van der Waals surface area contributed by atoms with Crippen molar-refractivity contribution < 1.29 is 13.9 Å². The Balaban J connectivity index is 1.38. The van der Waals surface area contributed by atoms with Gasteiger partial charge in [-0.2, -0.15) is 5.10 Å². The van der Waals surface area contributed by atoms with E-state index in [9.17, 15) is 9.18 Å². The lowest BCUT2D eigenvalue weighted by Crippen LogP contribution is -2.43. The Labute approximate surface area is 146 Å². The Morgan fingerprint density at radius 3 is 2.64 bits per heavy atom. The van der Waals surface area contributed by atoms with E-state index in [1.54, 1.807) is 12.1 Å². The lowest BCUT2D eigenvalue weighted by Gasteiger charge is -2.32. The van der Waals surface area contributed by atoms with E-state index in [0.717, 1.165) is 55.7 Å². The summed E-state index contributed by atoms with van der Waals surface area (Å²) in [4.78, 5) is 14.3. The highest BCUT2D eigenvalue weighted by Gasteiger charge is 2.31. The van der Waals surface area contributed by atoms with Crippen molar-refractivity contribution in [2.24, 2.45) is 0 Å². The number of H-pyrrole nitrogens is 1. The molecule has 0 saturated carbocycles. The van der Waals surface area contributed by atoms with E-state index in [4.69, 9.17) is 4.74 Å². The molecule has 2 fully saturated rings. The van der Waals surface area contributed by atoms with Crippen LogP contribution in [0.1, 0.15) is 37.3 Å². The van der Waals surface area contributed by atoms with E-state index >= 15 is 0 Å². The summed E-state index contributed by atoms with van der Waals surface area (Å²) in [7, 11) is 0. The number of hydrogen-bond donors (Lipinski definition) is 1. The Bertz CT molecular complexity index is 729. The number of rotatable bonds is 3. The molecular formula is C19H22FN3O2. The second-order valence-corrected chi connectivity index (χ2v) is 6.82. The molecule has 3 heterocycles. The Morgan fingerprint density at radius 1 is 1.20 bits per heavy atom. The van der Waals surface area contributed by atoms with Crippen LogP contribution in [-0.4, -0.2) is 46.8 Å². The van der Waals surface area contributed by atoms with Gasteiger partial charge in [-0.25, -0.2) is 4.39 Å². The maximum Gasteiger partial charge on any atom is 0.251 e. The minimum Gasteiger partial charge on any atom is -0.368 e. The standard InChI is InChI=1S/C19H22FN3O2/c20-15-5-3-13(4-6-15)16-12-17(22-21-16)14-7-9-23(10-8-14)19(24)18-2-1-11-25-18/h3-6,12,14,18H,1-2,7-11H2,(H,21,22). The first-order valence-corrected chi connectivity index (χ1v) is 8.92. The summed E-state index contributed by atoms with van der Waals surface area (Å²) in [6.45, 7) is 2.22. The number of benzene rings is 1. The van der Waals surface area contributed by atoms with Gasteiger partial charge in [0.15, 0.2) is 0 Å². The molecule has 1 N–H and O–H groups in total. The zero-order chi connectivity index (χ0) is 17.2. The first-order chi connectivity index (χ1) is 12.2. The molecule has 2 aromatic rings. The normalized spacial score (nSPS) is 21.6. The largest absolute Gasteiger partial charge is 0.368 e. The molecule has 1 atom stereocenters. The van der Waals surface area contributed by atoms with Gasteiger partial charge in [0.05, 0.1) is 5.69 Å². The highest BCUT2D eigenvalue weighted by molar-refractivity contribution is 5.81. The smallest absolute Gasteiger partial charge is 0.251 e. The van der Waals surface area contributed by atoms with Crippen molar-refractivity contribution >= 4 is 5.91 Å². The highest BCUT2D eigenvalue weighted by Crippen LogP contribution is 2.30. The van der Waals surface area contributed by atoms with Gasteiger partial charge in [0, 0.05) is 36.9 Å². The lowest BCUT2D eigenvalue weighted by atomic mass is 9.92. The van der Waals surface area contributed by atoms with E-state index in [1.807, 2.05) is 11.0 Å². The van der Waals surface area contributed by atoms with Gasteiger partial charge in [-0.3, -0.25) is 9.89 Å². The van der Waals surface area contributed by atoms with Gasteiger partial charge in [0.25, 0.3) is 5.91 Å². The Morgan fingerprint density at radius 2 is 1.96 bits per heavy atom. The fraction of sp³-hybridized carbons (Fsp3) is 0.474. The van der Waals surface area contributed by atoms with Crippen LogP contribution in [0.15, 0.2) is 30.3 Å². The number of nitrogens with one attached hydrogen (secondary N) is 1. The molecule has 4 rings (SSSR count). The van der Waals surface area contributed by atoms with Gasteiger partial charge in [0.2, 0.25) is 0 Å². The molecule has 2 aliphatic rings. The summed E-state index contributed by atoms with van der Waals surface area (Å²) in [5, 5.41) is 7.48. The number of halogens is 1. The minimum absolute atomic E-state index is 0.146. The van der Waals surface area contributed by atoms with Gasteiger partial charge in [-0.05, 0) is 56.0 Å². The summed E-state index contributed by atoms with van der Waals surface area (Å²) in [6, 6.07) is 8.39. The van der Waals surface area contributed by atoms with E-state index in [1.165, 1.54) is 12.1 Å². The average molecular weight is 343 g/mol. The van der Waals surface area contributed by atoms with Crippen LogP contribution in [-0.2, 0) is 9.53 Å². The van der Waals surface area contributed by atoms with Crippen LogP contribution < -0.4 is 0 Å². The molecule has 1 unspecified atom stereocenters. The molecule has 0 aliphatic carbocycles. The first kappa shape index (κ1) is 16.3. The average Bonchev–Trinajstić information content (AvgIpc) is 3.34. The molecule has 0 bridgehead atoms. The molecule has 25 heavy (non-hydrogen) atoms. The highest BCUT2D eigenvalue weighted by atomic mass is 19.1. The van der Waals surface area contributed by atoms with E-state index < -0.39 is 0 Å². The summed E-state index contributed by atoms with van der Waals surface area (Å²) in [5.41, 5.74) is 2.81. The molecule has 0 radical (unpaired) electrons. The van der Waals surface area contributed by atoms with Crippen molar-refractivity contribution in [2.45, 2.75) is 37.7 Å². The summed E-state index contributed by atoms with van der Waals surface area (Å²) < 4.78 is 18.5. The molecule has 0 spiro atoms. The third-order valence-electron chi connectivity index (χ3n) is 5.19. The molecular weight excluding hydrogens is 321 g/mol. The third-order valence-corrected chi connectivity index (χ3v) is 5.19. The van der Waals surface area contributed by atoms with Crippen molar-refractivity contribution in [3.63, 3.8) is 0 Å². The van der Waals surface area contributed by atoms with Crippen LogP contribution in [0, 0.1) is 5.82 Å². The molecule has 1 aromatic carbocycles. The second kappa shape index (κ2) is 6.96. The van der Waals surface area contributed by atoms with Crippen LogP contribution in [0.4, 0.5) is 4.39 Å². The predicted molar refractivity (Wildman–Crippen MR) is 91.5 cm³/mol. The Hall–Kier alpha value is -2.21. The van der Waals surface area contributed by atoms with Gasteiger partial charge in [-0.15, -0.1) is 0 Å². The van der Waals surface area contributed by atoms with E-state index in [-0.39, 0.29) is 17.8 Å². The fourth-order valence-electron chi connectivity index (χ4n) is 3.70. The van der Waals surface area contributed by atoms with Gasteiger partial charge >= 0.3 is 0 Å². The summed E-state index contributed by atoms with van der Waals surface area (Å²) in [5.74, 6) is 0.269. The van der Waals surface area contributed by atoms with Gasteiger partial charge < -0.3 is 9.64 Å². The first-order valence-electron chi connectivity index (χ1n) is 8.92. The number of aromatic amines is 1. The number of carbonyl (C=O) groups excluding carboxylic acids is 1. The monoisotopic (exact) mass is 343 g/mol. The maximum atomic E-state index is 13.0. The molecule has 1 amide bonds. The Kier molecular flexibility index (Phi) is 4.53. The molecule has 2 saturated heterocycles. The van der Waals surface area contributed by atoms with E-state index in [0.29, 0.717) is 12.5 Å². The fourth-order valence-corrected chi connectivity index (χ4v) is 3.70. The van der Waals surface area contributed by atoms with Crippen LogP contribution in [0.2, 0.25) is 0 Å². The number of piperidine rings is 1. The number of amides is 1. The maximum absolute atomic E-state index is 13.0. The molecule has 2 aliphatic heterocycles. The summed E-state index contributed by atoms with van der Waals surface area (Å²) in [6.07, 6.45) is 3.44. The van der Waals surface area contributed by atoms with Crippen molar-refractivity contribution in [3.8, 4) is 11.3 Å². The van der Waals surface area contributed by atoms with Crippen LogP contribution in [0.5, 0.6) is 0 Å². The van der Waals surface area contributed by atoms with Crippen molar-refractivity contribution in [1.82, 2.24) is 15.1 Å². The predicted octanol–water partition coefficient (Wildman–Crippen LogP) is 3.10. The van der Waals surface area contributed by atoms with Gasteiger partial charge in [0.1, 0.15) is 11.9 Å². The SMILES string of the molecule is O=C(C1CCCO1)N1CCC(c2cc(-c3ccc(F)cc3)n[nH]2)CC1. The van der Waals surface area contributed by atoms with Crippen LogP contribution in [0.3, 0.4) is 0 Å². The number of ether oxygens (including phenoxy) is 1. The van der Waals surface area contributed by atoms with Crippen molar-refractivity contribution in [2.75, 3.05) is 19.7 Å². The zero-order valence-electron chi connectivity index (χ0n) is 14.1.